The van der Waals surface area contributed by atoms with Crippen molar-refractivity contribution in [2.45, 2.75) is 32.9 Å². The van der Waals surface area contributed by atoms with E-state index in [1.807, 2.05) is 4.68 Å². The Labute approximate surface area is 112 Å². The topological polar surface area (TPSA) is 43.6 Å². The van der Waals surface area contributed by atoms with Gasteiger partial charge in [0, 0.05) is 5.75 Å². The fourth-order valence-corrected chi connectivity index (χ4v) is 2.62. The smallest absolute Gasteiger partial charge is 0.187 e. The molecule has 18 heavy (non-hydrogen) atoms. The van der Waals surface area contributed by atoms with E-state index in [2.05, 4.69) is 61.4 Å². The number of aromatic nitrogens is 4. The minimum atomic E-state index is 0.623. The highest BCUT2D eigenvalue weighted by Gasteiger charge is 2.13. The average molecular weight is 262 g/mol. The summed E-state index contributed by atoms with van der Waals surface area (Å²) >= 11 is 1.70. The highest BCUT2D eigenvalue weighted by atomic mass is 32.2. The number of aryl methyl sites for hydroxylation is 2. The summed E-state index contributed by atoms with van der Waals surface area (Å²) in [7, 11) is 0. The monoisotopic (exact) mass is 262 g/mol. The molecule has 0 N–H and O–H groups in total. The van der Waals surface area contributed by atoms with Gasteiger partial charge in [-0.2, -0.15) is 4.68 Å². The third-order valence-corrected chi connectivity index (χ3v) is 3.98. The first-order valence-corrected chi connectivity index (χ1v) is 7.06. The molecule has 1 heterocycles. The third kappa shape index (κ3) is 2.72. The standard InChI is InChI=1S/C13H18N4S/c1-9(2)8-18-13-14-15-16-17(13)12-10(3)6-5-7-11(12)4/h5-7,9H,8H2,1-4H3. The van der Waals surface area contributed by atoms with E-state index in [4.69, 9.17) is 0 Å². The van der Waals surface area contributed by atoms with Crippen molar-refractivity contribution in [2.24, 2.45) is 5.92 Å². The molecule has 0 amide bonds. The number of benzene rings is 1. The van der Waals surface area contributed by atoms with Gasteiger partial charge in [-0.25, -0.2) is 0 Å². The SMILES string of the molecule is Cc1cccc(C)c1-n1nnnc1SCC(C)C. The van der Waals surface area contributed by atoms with Crippen LogP contribution in [0.5, 0.6) is 0 Å². The number of nitrogens with zero attached hydrogens (tertiary/aromatic N) is 4. The summed E-state index contributed by atoms with van der Waals surface area (Å²) < 4.78 is 1.84. The first kappa shape index (κ1) is 13.1. The molecule has 1 aromatic carbocycles. The van der Waals surface area contributed by atoms with Crippen LogP contribution in [0.15, 0.2) is 23.4 Å². The van der Waals surface area contributed by atoms with Gasteiger partial charge in [-0.1, -0.05) is 43.8 Å². The number of hydrogen-bond acceptors (Lipinski definition) is 4. The van der Waals surface area contributed by atoms with Crippen molar-refractivity contribution < 1.29 is 0 Å². The Bertz CT molecular complexity index is 513. The molecule has 0 fully saturated rings. The molecular weight excluding hydrogens is 244 g/mol. The van der Waals surface area contributed by atoms with E-state index < -0.39 is 0 Å². The lowest BCUT2D eigenvalue weighted by Gasteiger charge is -2.10. The summed E-state index contributed by atoms with van der Waals surface area (Å²) in [5.41, 5.74) is 3.47. The van der Waals surface area contributed by atoms with Crippen LogP contribution in [0.1, 0.15) is 25.0 Å². The minimum absolute atomic E-state index is 0.623. The minimum Gasteiger partial charge on any atom is -0.187 e. The van der Waals surface area contributed by atoms with Crippen LogP contribution in [0, 0.1) is 19.8 Å². The molecule has 4 nitrogen and oxygen atoms in total. The molecular formula is C13H18N4S. The summed E-state index contributed by atoms with van der Waals surface area (Å²) in [6, 6.07) is 6.22. The lowest BCUT2D eigenvalue weighted by atomic mass is 10.1. The summed E-state index contributed by atoms with van der Waals surface area (Å²) in [4.78, 5) is 0. The van der Waals surface area contributed by atoms with E-state index in [0.717, 1.165) is 16.6 Å². The van der Waals surface area contributed by atoms with Crippen molar-refractivity contribution >= 4 is 11.8 Å². The van der Waals surface area contributed by atoms with Crippen molar-refractivity contribution in [3.63, 3.8) is 0 Å². The second-order valence-electron chi connectivity index (χ2n) is 4.82. The van der Waals surface area contributed by atoms with Crippen molar-refractivity contribution in [3.8, 4) is 5.69 Å². The van der Waals surface area contributed by atoms with Gasteiger partial charge in [-0.3, -0.25) is 0 Å². The lowest BCUT2D eigenvalue weighted by molar-refractivity contribution is 0.732. The molecule has 0 bridgehead atoms. The third-order valence-electron chi connectivity index (χ3n) is 2.64. The van der Waals surface area contributed by atoms with Crippen LogP contribution in [0.25, 0.3) is 5.69 Å². The maximum Gasteiger partial charge on any atom is 0.214 e. The molecule has 2 aromatic rings. The zero-order valence-corrected chi connectivity index (χ0v) is 12.0. The lowest BCUT2D eigenvalue weighted by Crippen LogP contribution is -2.04. The van der Waals surface area contributed by atoms with Crippen LogP contribution in [-0.2, 0) is 0 Å². The Morgan fingerprint density at radius 2 is 1.89 bits per heavy atom. The summed E-state index contributed by atoms with van der Waals surface area (Å²) in [5, 5.41) is 12.9. The molecule has 0 unspecified atom stereocenters. The van der Waals surface area contributed by atoms with Crippen LogP contribution in [0.4, 0.5) is 0 Å². The first-order chi connectivity index (χ1) is 8.59. The van der Waals surface area contributed by atoms with Gasteiger partial charge in [0.15, 0.2) is 0 Å². The molecule has 0 radical (unpaired) electrons. The van der Waals surface area contributed by atoms with E-state index in [-0.39, 0.29) is 0 Å². The molecule has 0 atom stereocenters. The summed E-state index contributed by atoms with van der Waals surface area (Å²) in [5.74, 6) is 1.64. The van der Waals surface area contributed by atoms with Crippen molar-refractivity contribution in [1.29, 1.82) is 0 Å². The predicted octanol–water partition coefficient (Wildman–Crippen LogP) is 3.03. The Balaban J connectivity index is 2.36. The Kier molecular flexibility index (Phi) is 4.01. The molecule has 96 valence electrons. The van der Waals surface area contributed by atoms with Crippen LogP contribution in [0.3, 0.4) is 0 Å². The molecule has 0 aliphatic rings. The maximum absolute atomic E-state index is 4.12. The van der Waals surface area contributed by atoms with Crippen LogP contribution >= 0.6 is 11.8 Å². The van der Waals surface area contributed by atoms with Gasteiger partial charge in [0.1, 0.15) is 0 Å². The fourth-order valence-electron chi connectivity index (χ4n) is 1.79. The van der Waals surface area contributed by atoms with Crippen LogP contribution in [-0.4, -0.2) is 26.0 Å². The Morgan fingerprint density at radius 1 is 1.22 bits per heavy atom. The fraction of sp³-hybridized carbons (Fsp3) is 0.462. The molecule has 0 spiro atoms. The number of para-hydroxylation sites is 1. The highest BCUT2D eigenvalue weighted by molar-refractivity contribution is 7.99. The molecule has 0 aliphatic carbocycles. The molecule has 0 saturated carbocycles. The van der Waals surface area contributed by atoms with Gasteiger partial charge >= 0.3 is 0 Å². The first-order valence-electron chi connectivity index (χ1n) is 6.07. The van der Waals surface area contributed by atoms with Crippen molar-refractivity contribution in [3.05, 3.63) is 29.3 Å². The molecule has 5 heteroatoms. The largest absolute Gasteiger partial charge is 0.214 e. The van der Waals surface area contributed by atoms with E-state index >= 15 is 0 Å². The zero-order valence-electron chi connectivity index (χ0n) is 11.2. The van der Waals surface area contributed by atoms with Gasteiger partial charge in [0.25, 0.3) is 0 Å². The van der Waals surface area contributed by atoms with Crippen molar-refractivity contribution in [1.82, 2.24) is 20.2 Å². The van der Waals surface area contributed by atoms with Gasteiger partial charge in [-0.15, -0.1) is 5.10 Å². The molecule has 1 aromatic heterocycles. The van der Waals surface area contributed by atoms with E-state index in [1.165, 1.54) is 11.1 Å². The summed E-state index contributed by atoms with van der Waals surface area (Å²) in [6.45, 7) is 8.56. The Morgan fingerprint density at radius 3 is 2.50 bits per heavy atom. The van der Waals surface area contributed by atoms with E-state index in [9.17, 15) is 0 Å². The van der Waals surface area contributed by atoms with Crippen LogP contribution < -0.4 is 0 Å². The highest BCUT2D eigenvalue weighted by Crippen LogP contribution is 2.24. The zero-order chi connectivity index (χ0) is 13.1. The number of rotatable bonds is 4. The van der Waals surface area contributed by atoms with Gasteiger partial charge in [-0.05, 0) is 41.3 Å². The molecule has 0 aliphatic heterocycles. The number of tetrazole rings is 1. The van der Waals surface area contributed by atoms with E-state index in [0.29, 0.717) is 5.92 Å². The average Bonchev–Trinajstić information content (AvgIpc) is 2.74. The van der Waals surface area contributed by atoms with Crippen molar-refractivity contribution in [2.75, 3.05) is 5.75 Å². The van der Waals surface area contributed by atoms with Gasteiger partial charge < -0.3 is 0 Å². The predicted molar refractivity (Wildman–Crippen MR) is 74.2 cm³/mol. The molecule has 0 saturated heterocycles. The molecule has 2 rings (SSSR count). The normalized spacial score (nSPS) is 11.2. The van der Waals surface area contributed by atoms with E-state index in [1.54, 1.807) is 11.8 Å². The quantitative estimate of drug-likeness (QED) is 0.794. The van der Waals surface area contributed by atoms with Gasteiger partial charge in [0.2, 0.25) is 5.16 Å². The summed E-state index contributed by atoms with van der Waals surface area (Å²) in [6.07, 6.45) is 0. The van der Waals surface area contributed by atoms with Crippen LogP contribution in [0.2, 0.25) is 0 Å². The number of thioether (sulfide) groups is 1. The maximum atomic E-state index is 4.12. The Hall–Kier alpha value is -1.36. The second kappa shape index (κ2) is 5.52. The number of hydrogen-bond donors (Lipinski definition) is 0. The van der Waals surface area contributed by atoms with Gasteiger partial charge in [0.05, 0.1) is 5.69 Å². The second-order valence-corrected chi connectivity index (χ2v) is 5.81.